The third-order valence-electron chi connectivity index (χ3n) is 3.12. The van der Waals surface area contributed by atoms with Crippen molar-refractivity contribution >= 4 is 27.7 Å². The van der Waals surface area contributed by atoms with Gasteiger partial charge in [0.1, 0.15) is 0 Å². The second-order valence-electron chi connectivity index (χ2n) is 4.73. The molecule has 1 atom stereocenters. The van der Waals surface area contributed by atoms with Gasteiger partial charge in [0.2, 0.25) is 0 Å². The molecule has 0 saturated heterocycles. The lowest BCUT2D eigenvalue weighted by Crippen LogP contribution is -2.39. The van der Waals surface area contributed by atoms with Crippen molar-refractivity contribution in [1.82, 2.24) is 5.32 Å². The average molecular weight is 300 g/mol. The molecule has 1 nitrogen and oxygen atoms in total. The molecule has 0 bridgehead atoms. The van der Waals surface area contributed by atoms with Crippen molar-refractivity contribution in [3.63, 3.8) is 0 Å². The molecular weight excluding hydrogens is 282 g/mol. The molecule has 16 heavy (non-hydrogen) atoms. The number of hydrogen-bond acceptors (Lipinski definition) is 2. The van der Waals surface area contributed by atoms with E-state index in [2.05, 4.69) is 60.2 Å². The van der Waals surface area contributed by atoms with Gasteiger partial charge in [-0.2, -0.15) is 0 Å². The van der Waals surface area contributed by atoms with Gasteiger partial charge in [-0.1, -0.05) is 28.9 Å². The highest BCUT2D eigenvalue weighted by Crippen LogP contribution is 2.45. The molecule has 1 aromatic carbocycles. The van der Waals surface area contributed by atoms with Crippen molar-refractivity contribution < 1.29 is 0 Å². The highest BCUT2D eigenvalue weighted by molar-refractivity contribution is 9.10. The summed E-state index contributed by atoms with van der Waals surface area (Å²) in [5.74, 6) is 1.12. The molecule has 0 radical (unpaired) electrons. The van der Waals surface area contributed by atoms with Crippen LogP contribution >= 0.6 is 27.7 Å². The minimum absolute atomic E-state index is 0.268. The minimum Gasteiger partial charge on any atom is -0.309 e. The van der Waals surface area contributed by atoms with Crippen molar-refractivity contribution in [2.24, 2.45) is 0 Å². The van der Waals surface area contributed by atoms with Crippen LogP contribution in [0.4, 0.5) is 0 Å². The van der Waals surface area contributed by atoms with Crippen LogP contribution in [0.2, 0.25) is 0 Å². The van der Waals surface area contributed by atoms with E-state index in [1.165, 1.54) is 15.6 Å². The third kappa shape index (κ3) is 2.31. The van der Waals surface area contributed by atoms with Gasteiger partial charge in [0.25, 0.3) is 0 Å². The lowest BCUT2D eigenvalue weighted by molar-refractivity contribution is 0.450. The molecule has 1 aliphatic rings. The van der Waals surface area contributed by atoms with E-state index in [-0.39, 0.29) is 4.75 Å². The van der Waals surface area contributed by atoms with Gasteiger partial charge < -0.3 is 5.32 Å². The van der Waals surface area contributed by atoms with E-state index in [0.717, 1.165) is 12.3 Å². The van der Waals surface area contributed by atoms with E-state index in [0.29, 0.717) is 6.04 Å². The Morgan fingerprint density at radius 2 is 2.25 bits per heavy atom. The Labute approximate surface area is 111 Å². The van der Waals surface area contributed by atoms with Gasteiger partial charge in [0.05, 0.1) is 0 Å². The average Bonchev–Trinajstić information content (AvgIpc) is 2.23. The molecule has 1 unspecified atom stereocenters. The first-order chi connectivity index (χ1) is 7.54. The van der Waals surface area contributed by atoms with Crippen LogP contribution in [0.15, 0.2) is 22.7 Å². The zero-order valence-electron chi connectivity index (χ0n) is 10.0. The Kier molecular flexibility index (Phi) is 3.67. The van der Waals surface area contributed by atoms with Crippen LogP contribution in [-0.2, 0) is 5.75 Å². The first-order valence-corrected chi connectivity index (χ1v) is 7.48. The van der Waals surface area contributed by atoms with E-state index in [1.54, 1.807) is 0 Å². The SMILES string of the molecule is CCNC1c2cc(Br)ccc2CSC1(C)C. The van der Waals surface area contributed by atoms with E-state index >= 15 is 0 Å². The normalized spacial score (nSPS) is 22.9. The number of fused-ring (bicyclic) bond motifs is 1. The van der Waals surface area contributed by atoms with Crippen LogP contribution in [0, 0.1) is 0 Å². The minimum atomic E-state index is 0.268. The second-order valence-corrected chi connectivity index (χ2v) is 7.27. The molecule has 0 fully saturated rings. The number of halogens is 1. The summed E-state index contributed by atoms with van der Waals surface area (Å²) in [6.45, 7) is 7.84. The maximum Gasteiger partial charge on any atom is 0.0467 e. The quantitative estimate of drug-likeness (QED) is 0.881. The second kappa shape index (κ2) is 4.71. The Balaban J connectivity index is 2.44. The maximum atomic E-state index is 3.62. The summed E-state index contributed by atoms with van der Waals surface area (Å²) in [6, 6.07) is 7.10. The lowest BCUT2D eigenvalue weighted by atomic mass is 9.91. The molecule has 0 amide bonds. The van der Waals surface area contributed by atoms with Gasteiger partial charge in [0.15, 0.2) is 0 Å². The van der Waals surface area contributed by atoms with Gasteiger partial charge in [0, 0.05) is 21.0 Å². The maximum absolute atomic E-state index is 3.62. The van der Waals surface area contributed by atoms with Crippen molar-refractivity contribution in [1.29, 1.82) is 0 Å². The van der Waals surface area contributed by atoms with Crippen molar-refractivity contribution in [2.75, 3.05) is 6.54 Å². The number of rotatable bonds is 2. The molecule has 0 aromatic heterocycles. The van der Waals surface area contributed by atoms with E-state index in [1.807, 2.05) is 11.8 Å². The van der Waals surface area contributed by atoms with E-state index < -0.39 is 0 Å². The Hall–Kier alpha value is 0.01000. The molecule has 88 valence electrons. The van der Waals surface area contributed by atoms with Crippen LogP contribution in [0.3, 0.4) is 0 Å². The highest BCUT2D eigenvalue weighted by atomic mass is 79.9. The zero-order chi connectivity index (χ0) is 11.8. The summed E-state index contributed by atoms with van der Waals surface area (Å²) in [4.78, 5) is 0. The third-order valence-corrected chi connectivity index (χ3v) is 5.05. The van der Waals surface area contributed by atoms with Gasteiger partial charge in [-0.25, -0.2) is 0 Å². The predicted octanol–water partition coefficient (Wildman–Crippen LogP) is 4.13. The Morgan fingerprint density at radius 1 is 1.50 bits per heavy atom. The molecule has 1 heterocycles. The van der Waals surface area contributed by atoms with E-state index in [4.69, 9.17) is 0 Å². The zero-order valence-corrected chi connectivity index (χ0v) is 12.4. The summed E-state index contributed by atoms with van der Waals surface area (Å²) in [7, 11) is 0. The summed E-state index contributed by atoms with van der Waals surface area (Å²) >= 11 is 5.61. The van der Waals surface area contributed by atoms with E-state index in [9.17, 15) is 0 Å². The topological polar surface area (TPSA) is 12.0 Å². The van der Waals surface area contributed by atoms with Crippen molar-refractivity contribution in [2.45, 2.75) is 37.3 Å². The smallest absolute Gasteiger partial charge is 0.0467 e. The van der Waals surface area contributed by atoms with Crippen molar-refractivity contribution in [3.8, 4) is 0 Å². The lowest BCUT2D eigenvalue weighted by Gasteiger charge is -2.40. The fourth-order valence-electron chi connectivity index (χ4n) is 2.25. The molecule has 0 aliphatic carbocycles. The van der Waals surface area contributed by atoms with Crippen LogP contribution in [0.1, 0.15) is 37.9 Å². The standard InChI is InChI=1S/C13H18BrNS/c1-4-15-12-11-7-10(14)6-5-9(11)8-16-13(12,2)3/h5-7,12,15H,4,8H2,1-3H3. The first-order valence-electron chi connectivity index (χ1n) is 5.70. The summed E-state index contributed by atoms with van der Waals surface area (Å²) in [6.07, 6.45) is 0. The van der Waals surface area contributed by atoms with Gasteiger partial charge >= 0.3 is 0 Å². The van der Waals surface area contributed by atoms with Crippen LogP contribution in [0.25, 0.3) is 0 Å². The predicted molar refractivity (Wildman–Crippen MR) is 75.9 cm³/mol. The monoisotopic (exact) mass is 299 g/mol. The Bertz CT molecular complexity index is 390. The Morgan fingerprint density at radius 3 is 2.94 bits per heavy atom. The molecular formula is C13H18BrNS. The number of thioether (sulfide) groups is 1. The van der Waals surface area contributed by atoms with Gasteiger partial charge in [-0.05, 0) is 43.7 Å². The molecule has 0 saturated carbocycles. The molecule has 1 aliphatic heterocycles. The summed E-state index contributed by atoms with van der Waals surface area (Å²) in [5.41, 5.74) is 2.93. The summed E-state index contributed by atoms with van der Waals surface area (Å²) < 4.78 is 1.45. The van der Waals surface area contributed by atoms with Gasteiger partial charge in [-0.15, -0.1) is 11.8 Å². The largest absolute Gasteiger partial charge is 0.309 e. The molecule has 3 heteroatoms. The number of hydrogen-bond donors (Lipinski definition) is 1. The molecule has 2 rings (SSSR count). The van der Waals surface area contributed by atoms with Gasteiger partial charge in [-0.3, -0.25) is 0 Å². The summed E-state index contributed by atoms with van der Waals surface area (Å²) in [5, 5.41) is 3.62. The fraction of sp³-hybridized carbons (Fsp3) is 0.538. The number of benzene rings is 1. The number of nitrogens with one attached hydrogen (secondary N) is 1. The highest BCUT2D eigenvalue weighted by Gasteiger charge is 2.35. The molecule has 1 aromatic rings. The first kappa shape index (κ1) is 12.5. The molecule has 0 spiro atoms. The van der Waals surface area contributed by atoms with Crippen molar-refractivity contribution in [3.05, 3.63) is 33.8 Å². The molecule has 1 N–H and O–H groups in total. The fourth-order valence-corrected chi connectivity index (χ4v) is 3.79. The van der Waals surface area contributed by atoms with Crippen LogP contribution < -0.4 is 5.32 Å². The van der Waals surface area contributed by atoms with Crippen LogP contribution in [0.5, 0.6) is 0 Å². The van der Waals surface area contributed by atoms with Crippen LogP contribution in [-0.4, -0.2) is 11.3 Å².